The minimum atomic E-state index is -1.04. The molecule has 16 heavy (non-hydrogen) atoms. The van der Waals surface area contributed by atoms with Crippen molar-refractivity contribution in [3.63, 3.8) is 0 Å². The van der Waals surface area contributed by atoms with Crippen molar-refractivity contribution in [2.24, 2.45) is 0 Å². The van der Waals surface area contributed by atoms with E-state index in [-0.39, 0.29) is 11.3 Å². The number of nitrogens with zero attached hydrogens (tertiary/aromatic N) is 1. The maximum atomic E-state index is 11.0. The van der Waals surface area contributed by atoms with E-state index in [9.17, 15) is 9.59 Å². The summed E-state index contributed by atoms with van der Waals surface area (Å²) in [5.41, 5.74) is 0. The molecule has 7 heteroatoms. The molecule has 94 valence electrons. The lowest BCUT2D eigenvalue weighted by Crippen LogP contribution is -2.38. The molecule has 0 bridgehead atoms. The summed E-state index contributed by atoms with van der Waals surface area (Å²) in [6, 6.07) is -0.877. The van der Waals surface area contributed by atoms with Gasteiger partial charge in [0.2, 0.25) is 5.91 Å². The van der Waals surface area contributed by atoms with E-state index in [0.29, 0.717) is 19.4 Å². The number of hydrogen-bond donors (Lipinski definition) is 4. The number of rotatable bonds is 7. The zero-order valence-corrected chi connectivity index (χ0v) is 11.2. The Morgan fingerprint density at radius 3 is 2.44 bits per heavy atom. The molecule has 0 saturated heterocycles. The predicted molar refractivity (Wildman–Crippen MR) is 68.6 cm³/mol. The first-order chi connectivity index (χ1) is 7.36. The number of hydrogen-bond acceptors (Lipinski definition) is 5. The van der Waals surface area contributed by atoms with Crippen molar-refractivity contribution >= 4 is 37.3 Å². The fourth-order valence-electron chi connectivity index (χ4n) is 1.18. The molecule has 0 rings (SSSR count). The first-order valence-corrected chi connectivity index (χ1v) is 5.90. The van der Waals surface area contributed by atoms with E-state index < -0.39 is 12.0 Å². The summed E-state index contributed by atoms with van der Waals surface area (Å²) < 4.78 is 0.951. The molecule has 0 aromatic heterocycles. The molecule has 2 N–H and O–H groups in total. The van der Waals surface area contributed by atoms with Gasteiger partial charge in [0.05, 0.1) is 0 Å². The van der Waals surface area contributed by atoms with Crippen LogP contribution in [0.3, 0.4) is 0 Å². The fraction of sp³-hybridized carbons (Fsp3) is 0.778. The third-order valence-electron chi connectivity index (χ3n) is 2.00. The van der Waals surface area contributed by atoms with Gasteiger partial charge >= 0.3 is 5.97 Å². The van der Waals surface area contributed by atoms with Crippen molar-refractivity contribution in [1.82, 2.24) is 9.62 Å². The molecule has 0 aliphatic rings. The number of nitrogens with one attached hydrogen (secondary N) is 1. The first kappa shape index (κ1) is 15.6. The van der Waals surface area contributed by atoms with Gasteiger partial charge in [-0.15, -0.1) is 0 Å². The highest BCUT2D eigenvalue weighted by molar-refractivity contribution is 7.80. The van der Waals surface area contributed by atoms with Gasteiger partial charge in [-0.1, -0.05) is 12.8 Å². The molecule has 0 heterocycles. The Hall–Kier alpha value is -0.400. The van der Waals surface area contributed by atoms with Gasteiger partial charge in [0, 0.05) is 12.3 Å². The van der Waals surface area contributed by atoms with Crippen LogP contribution in [0.15, 0.2) is 0 Å². The highest BCUT2D eigenvalue weighted by Crippen LogP contribution is 2.10. The lowest BCUT2D eigenvalue weighted by atomic mass is 10.1. The standard InChI is InChI=1S/C9H18N2O3S2/c1-6(15)10-5-3-4-8(9(13)14)11(16)7(2)12/h6,8,10,15-16H,3-5H2,1-2H3,(H,13,14). The van der Waals surface area contributed by atoms with E-state index >= 15 is 0 Å². The quantitative estimate of drug-likeness (QED) is 0.312. The van der Waals surface area contributed by atoms with Crippen LogP contribution in [-0.4, -0.2) is 39.2 Å². The molecule has 5 nitrogen and oxygen atoms in total. The monoisotopic (exact) mass is 266 g/mol. The van der Waals surface area contributed by atoms with Crippen molar-refractivity contribution in [3.8, 4) is 0 Å². The maximum Gasteiger partial charge on any atom is 0.327 e. The predicted octanol–water partition coefficient (Wildman–Crippen LogP) is 0.778. The molecule has 0 aromatic carbocycles. The van der Waals surface area contributed by atoms with E-state index in [2.05, 4.69) is 30.8 Å². The third-order valence-corrected chi connectivity index (χ3v) is 2.74. The SMILES string of the molecule is CC(=O)N(S)C(CCCNC(C)S)C(=O)O. The van der Waals surface area contributed by atoms with Crippen molar-refractivity contribution < 1.29 is 14.7 Å². The van der Waals surface area contributed by atoms with Crippen LogP contribution in [0, 0.1) is 0 Å². The second kappa shape index (κ2) is 7.81. The van der Waals surface area contributed by atoms with Gasteiger partial charge in [0.15, 0.2) is 0 Å². The summed E-state index contributed by atoms with van der Waals surface area (Å²) in [5, 5.41) is 12.0. The average molecular weight is 266 g/mol. The van der Waals surface area contributed by atoms with Crippen LogP contribution >= 0.6 is 25.4 Å². The molecule has 0 spiro atoms. The first-order valence-electron chi connectivity index (χ1n) is 4.99. The second-order valence-corrected chi connectivity index (χ2v) is 4.70. The van der Waals surface area contributed by atoms with E-state index in [0.717, 1.165) is 4.31 Å². The van der Waals surface area contributed by atoms with E-state index in [1.54, 1.807) is 0 Å². The fourth-order valence-corrected chi connectivity index (χ4v) is 1.52. The number of amides is 1. The van der Waals surface area contributed by atoms with Gasteiger partial charge in [-0.2, -0.15) is 12.6 Å². The zero-order chi connectivity index (χ0) is 12.7. The van der Waals surface area contributed by atoms with Crippen LogP contribution in [0.1, 0.15) is 26.7 Å². The topological polar surface area (TPSA) is 69.6 Å². The van der Waals surface area contributed by atoms with Crippen molar-refractivity contribution in [3.05, 3.63) is 0 Å². The molecular formula is C9H18N2O3S2. The molecule has 0 radical (unpaired) electrons. The molecule has 2 atom stereocenters. The third kappa shape index (κ3) is 6.24. The molecular weight excluding hydrogens is 248 g/mol. The van der Waals surface area contributed by atoms with Gasteiger partial charge in [-0.05, 0) is 26.3 Å². The van der Waals surface area contributed by atoms with Gasteiger partial charge in [0.1, 0.15) is 6.04 Å². The number of carboxylic acids is 1. The van der Waals surface area contributed by atoms with Crippen LogP contribution in [-0.2, 0) is 9.59 Å². The summed E-state index contributed by atoms with van der Waals surface area (Å²) >= 11 is 8.00. The Bertz CT molecular complexity index is 249. The lowest BCUT2D eigenvalue weighted by Gasteiger charge is -2.22. The molecule has 0 aliphatic heterocycles. The highest BCUT2D eigenvalue weighted by atomic mass is 32.1. The Labute approximate surface area is 107 Å². The van der Waals surface area contributed by atoms with E-state index in [1.807, 2.05) is 6.92 Å². The summed E-state index contributed by atoms with van der Waals surface area (Å²) in [6.45, 7) is 3.84. The molecule has 0 saturated carbocycles. The van der Waals surface area contributed by atoms with Crippen LogP contribution < -0.4 is 5.32 Å². The summed E-state index contributed by atoms with van der Waals surface area (Å²) in [7, 11) is 0. The Kier molecular flexibility index (Phi) is 7.61. The van der Waals surface area contributed by atoms with Crippen molar-refractivity contribution in [2.75, 3.05) is 6.54 Å². The summed E-state index contributed by atoms with van der Waals surface area (Å²) in [4.78, 5) is 21.9. The number of thiol groups is 2. The highest BCUT2D eigenvalue weighted by Gasteiger charge is 2.24. The summed E-state index contributed by atoms with van der Waals surface area (Å²) in [5.74, 6) is -1.41. The number of carboxylic acid groups (broad SMARTS) is 1. The van der Waals surface area contributed by atoms with Crippen molar-refractivity contribution in [1.29, 1.82) is 0 Å². The van der Waals surface area contributed by atoms with Gasteiger partial charge < -0.3 is 10.4 Å². The van der Waals surface area contributed by atoms with Crippen LogP contribution in [0.25, 0.3) is 0 Å². The van der Waals surface area contributed by atoms with Crippen LogP contribution in [0.2, 0.25) is 0 Å². The normalized spacial score (nSPS) is 14.2. The Morgan fingerprint density at radius 2 is 2.06 bits per heavy atom. The lowest BCUT2D eigenvalue weighted by molar-refractivity contribution is -0.145. The van der Waals surface area contributed by atoms with E-state index in [1.165, 1.54) is 6.92 Å². The Morgan fingerprint density at radius 1 is 1.50 bits per heavy atom. The van der Waals surface area contributed by atoms with Crippen LogP contribution in [0.5, 0.6) is 0 Å². The average Bonchev–Trinajstić information content (AvgIpc) is 2.15. The summed E-state index contributed by atoms with van der Waals surface area (Å²) in [6.07, 6.45) is 1.01. The molecule has 0 fully saturated rings. The number of carbonyl (C=O) groups is 2. The zero-order valence-electron chi connectivity index (χ0n) is 9.38. The molecule has 0 aliphatic carbocycles. The molecule has 2 unspecified atom stereocenters. The Balaban J connectivity index is 4.05. The van der Waals surface area contributed by atoms with Gasteiger partial charge in [0.25, 0.3) is 0 Å². The van der Waals surface area contributed by atoms with Crippen molar-refractivity contribution in [2.45, 2.75) is 38.1 Å². The smallest absolute Gasteiger partial charge is 0.327 e. The second-order valence-electron chi connectivity index (χ2n) is 3.49. The molecule has 0 aromatic rings. The van der Waals surface area contributed by atoms with Crippen LogP contribution in [0.4, 0.5) is 0 Å². The minimum Gasteiger partial charge on any atom is -0.480 e. The molecule has 1 amide bonds. The largest absolute Gasteiger partial charge is 0.480 e. The van der Waals surface area contributed by atoms with E-state index in [4.69, 9.17) is 5.11 Å². The minimum absolute atomic E-state index is 0.0724. The number of carbonyl (C=O) groups excluding carboxylic acids is 1. The number of aliphatic carboxylic acids is 1. The van der Waals surface area contributed by atoms with Gasteiger partial charge in [-0.25, -0.2) is 4.79 Å². The van der Waals surface area contributed by atoms with Gasteiger partial charge in [-0.3, -0.25) is 9.10 Å². The maximum absolute atomic E-state index is 11.0.